The maximum Gasteiger partial charge on any atom is 0.254 e. The van der Waals surface area contributed by atoms with Gasteiger partial charge in [0.2, 0.25) is 11.8 Å². The Morgan fingerprint density at radius 3 is 2.50 bits per heavy atom. The van der Waals surface area contributed by atoms with Gasteiger partial charge in [0, 0.05) is 47.3 Å². The number of hydrogen-bond acceptors (Lipinski definition) is 7. The van der Waals surface area contributed by atoms with Gasteiger partial charge in [-0.1, -0.05) is 51.0 Å². The predicted molar refractivity (Wildman–Crippen MR) is 177 cm³/mol. The molecule has 232 valence electrons. The smallest absolute Gasteiger partial charge is 0.254 e. The Morgan fingerprint density at radius 2 is 1.75 bits per heavy atom. The molecule has 4 aliphatic rings. The van der Waals surface area contributed by atoms with Gasteiger partial charge in [-0.15, -0.1) is 0 Å². The van der Waals surface area contributed by atoms with Crippen LogP contribution < -0.4 is 9.46 Å². The maximum absolute atomic E-state index is 14.2. The number of aryl methyl sites for hydroxylation is 2. The highest BCUT2D eigenvalue weighted by Crippen LogP contribution is 2.55. The molecule has 7 nitrogen and oxygen atoms in total. The van der Waals surface area contributed by atoms with Gasteiger partial charge in [0.1, 0.15) is 6.10 Å². The molecule has 2 atom stereocenters. The molecule has 2 aromatic carbocycles. The molecule has 1 saturated heterocycles. The molecule has 1 amide bonds. The first-order valence-electron chi connectivity index (χ1n) is 16.5. The van der Waals surface area contributed by atoms with E-state index in [1.807, 2.05) is 30.3 Å². The van der Waals surface area contributed by atoms with Crippen LogP contribution in [0.1, 0.15) is 80.3 Å². The van der Waals surface area contributed by atoms with E-state index >= 15 is 0 Å². The number of fused-ring (bicyclic) bond motifs is 6. The fourth-order valence-electron chi connectivity index (χ4n) is 8.30. The molecule has 6 bridgehead atoms. The average molecular weight is 612 g/mol. The van der Waals surface area contributed by atoms with Gasteiger partial charge in [-0.2, -0.15) is 4.98 Å². The summed E-state index contributed by atoms with van der Waals surface area (Å²) in [5.74, 6) is 1.67. The molecule has 2 aliphatic carbocycles. The molecule has 2 aliphatic heterocycles. The van der Waals surface area contributed by atoms with Gasteiger partial charge in [-0.3, -0.25) is 14.4 Å². The summed E-state index contributed by atoms with van der Waals surface area (Å²) in [4.78, 5) is 29.7. The summed E-state index contributed by atoms with van der Waals surface area (Å²) in [5, 5.41) is 0. The monoisotopic (exact) mass is 611 g/mol. The average Bonchev–Trinajstić information content (AvgIpc) is 3.41. The van der Waals surface area contributed by atoms with Crippen molar-refractivity contribution in [2.24, 2.45) is 11.3 Å². The molecule has 0 radical (unpaired) electrons. The standard InChI is InChI=1S/C36H45N5O2S/c1-23(2)15-27-20-40-21-29(22-41(27)28-18-36(19-28)13-5-6-14-36)43-32-17-31(33-24(3)9-7-10-25(33)4)37-35(38-32)39-44-30-12-8-11-26(16-30)34(40)42/h7-12,16-17,23,27-29H,5-6,13-15,18-22H2,1-4H3,(H,37,38,39)/t27-,29-/m0/s1. The summed E-state index contributed by atoms with van der Waals surface area (Å²) in [6.07, 6.45) is 8.92. The van der Waals surface area contributed by atoms with Crippen LogP contribution in [-0.2, 0) is 0 Å². The fraction of sp³-hybridized carbons (Fsp3) is 0.528. The van der Waals surface area contributed by atoms with Crippen LogP contribution in [0.25, 0.3) is 11.3 Å². The van der Waals surface area contributed by atoms with E-state index < -0.39 is 0 Å². The quantitative estimate of drug-likeness (QED) is 0.306. The van der Waals surface area contributed by atoms with Crippen LogP contribution >= 0.6 is 11.9 Å². The summed E-state index contributed by atoms with van der Waals surface area (Å²) in [6, 6.07) is 17.1. The molecular weight excluding hydrogens is 566 g/mol. The minimum Gasteiger partial charge on any atom is -0.471 e. The first-order valence-corrected chi connectivity index (χ1v) is 17.3. The third kappa shape index (κ3) is 5.95. The number of benzene rings is 2. The van der Waals surface area contributed by atoms with E-state index in [4.69, 9.17) is 14.7 Å². The van der Waals surface area contributed by atoms with E-state index in [2.05, 4.69) is 60.4 Å². The number of nitrogens with zero attached hydrogens (tertiary/aromatic N) is 4. The largest absolute Gasteiger partial charge is 0.471 e. The van der Waals surface area contributed by atoms with E-state index in [-0.39, 0.29) is 12.0 Å². The van der Waals surface area contributed by atoms with Crippen molar-refractivity contribution in [3.63, 3.8) is 0 Å². The molecule has 2 saturated carbocycles. The number of ether oxygens (including phenoxy) is 1. The lowest BCUT2D eigenvalue weighted by molar-refractivity contribution is -0.0312. The molecular formula is C36H45N5O2S. The molecule has 44 heavy (non-hydrogen) atoms. The number of anilines is 1. The molecule has 8 heteroatoms. The Balaban J connectivity index is 1.29. The first kappa shape index (κ1) is 29.6. The van der Waals surface area contributed by atoms with Crippen molar-refractivity contribution in [2.45, 2.75) is 95.7 Å². The first-order chi connectivity index (χ1) is 21.2. The van der Waals surface area contributed by atoms with Gasteiger partial charge >= 0.3 is 0 Å². The van der Waals surface area contributed by atoms with Gasteiger partial charge in [-0.05, 0) is 98.6 Å². The van der Waals surface area contributed by atoms with Crippen LogP contribution in [0.3, 0.4) is 0 Å². The predicted octanol–water partition coefficient (Wildman–Crippen LogP) is 7.54. The molecule has 3 heterocycles. The van der Waals surface area contributed by atoms with Crippen molar-refractivity contribution in [2.75, 3.05) is 24.4 Å². The third-order valence-electron chi connectivity index (χ3n) is 10.3. The summed E-state index contributed by atoms with van der Waals surface area (Å²) in [6.45, 7) is 10.9. The lowest BCUT2D eigenvalue weighted by Crippen LogP contribution is -2.56. The van der Waals surface area contributed by atoms with Crippen LogP contribution in [0, 0.1) is 25.2 Å². The highest BCUT2D eigenvalue weighted by atomic mass is 32.2. The van der Waals surface area contributed by atoms with Gasteiger partial charge in [0.15, 0.2) is 0 Å². The van der Waals surface area contributed by atoms with E-state index in [9.17, 15) is 4.79 Å². The lowest BCUT2D eigenvalue weighted by atomic mass is 9.63. The van der Waals surface area contributed by atoms with Crippen molar-refractivity contribution in [3.05, 3.63) is 65.2 Å². The van der Waals surface area contributed by atoms with Crippen molar-refractivity contribution in [1.29, 1.82) is 0 Å². The lowest BCUT2D eigenvalue weighted by Gasteiger charge is -2.52. The zero-order chi connectivity index (χ0) is 30.4. The normalized spacial score (nSPS) is 23.7. The van der Waals surface area contributed by atoms with Gasteiger partial charge < -0.3 is 9.64 Å². The van der Waals surface area contributed by atoms with Gasteiger partial charge in [0.25, 0.3) is 5.91 Å². The van der Waals surface area contributed by atoms with Gasteiger partial charge in [0.05, 0.1) is 12.2 Å². The minimum atomic E-state index is -0.207. The highest BCUT2D eigenvalue weighted by molar-refractivity contribution is 8.00. The summed E-state index contributed by atoms with van der Waals surface area (Å²) < 4.78 is 10.2. The topological polar surface area (TPSA) is 70.6 Å². The van der Waals surface area contributed by atoms with E-state index in [0.717, 1.165) is 35.7 Å². The Bertz CT molecular complexity index is 1510. The van der Waals surface area contributed by atoms with E-state index in [1.54, 1.807) is 0 Å². The zero-order valence-electron chi connectivity index (χ0n) is 26.5. The third-order valence-corrected chi connectivity index (χ3v) is 11.1. The fourth-order valence-corrected chi connectivity index (χ4v) is 8.93. The Labute approximate surface area is 266 Å². The Morgan fingerprint density at radius 1 is 1.00 bits per heavy atom. The number of rotatable bonds is 4. The molecule has 7 rings (SSSR count). The van der Waals surface area contributed by atoms with Crippen LogP contribution in [0.15, 0.2) is 53.4 Å². The van der Waals surface area contributed by atoms with Crippen molar-refractivity contribution < 1.29 is 9.53 Å². The summed E-state index contributed by atoms with van der Waals surface area (Å²) in [5.41, 5.74) is 5.54. The van der Waals surface area contributed by atoms with E-state index in [0.29, 0.717) is 47.4 Å². The number of aromatic nitrogens is 2. The molecule has 1 N–H and O–H groups in total. The number of carbonyl (C=O) groups is 1. The second-order valence-electron chi connectivity index (χ2n) is 14.1. The van der Waals surface area contributed by atoms with Crippen molar-refractivity contribution in [1.82, 2.24) is 19.8 Å². The number of carbonyl (C=O) groups excluding carboxylic acids is 1. The van der Waals surface area contributed by atoms with Crippen molar-refractivity contribution >= 4 is 23.8 Å². The molecule has 1 spiro atoms. The molecule has 3 fully saturated rings. The molecule has 0 unspecified atom stereocenters. The molecule has 3 aromatic rings. The number of amides is 1. The number of nitrogens with one attached hydrogen (secondary N) is 1. The molecule has 1 aromatic heterocycles. The van der Waals surface area contributed by atoms with Gasteiger partial charge in [-0.25, -0.2) is 4.98 Å². The zero-order valence-corrected chi connectivity index (χ0v) is 27.3. The second kappa shape index (κ2) is 12.0. The summed E-state index contributed by atoms with van der Waals surface area (Å²) in [7, 11) is 0. The SMILES string of the molecule is Cc1cccc(C)c1-c1cc2nc(n1)NSc1cccc(c1)C(=O)N1C[C@@H](CN(C3CC4(CCCC4)C3)[C@@H](CC(C)C)C1)O2. The summed E-state index contributed by atoms with van der Waals surface area (Å²) >= 11 is 1.42. The maximum atomic E-state index is 14.2. The van der Waals surface area contributed by atoms with Crippen LogP contribution in [0.2, 0.25) is 0 Å². The van der Waals surface area contributed by atoms with Crippen molar-refractivity contribution in [3.8, 4) is 17.1 Å². The van der Waals surface area contributed by atoms with Crippen LogP contribution in [0.4, 0.5) is 5.95 Å². The Kier molecular flexibility index (Phi) is 8.08. The van der Waals surface area contributed by atoms with Crippen LogP contribution in [-0.4, -0.2) is 63.5 Å². The minimum absolute atomic E-state index is 0.0748. The Hall–Kier alpha value is -3.10. The highest BCUT2D eigenvalue weighted by Gasteiger charge is 2.50. The second-order valence-corrected chi connectivity index (χ2v) is 15.0. The van der Waals surface area contributed by atoms with E-state index in [1.165, 1.54) is 61.6 Å². The number of hydrogen-bond donors (Lipinski definition) is 1. The van der Waals surface area contributed by atoms with Crippen LogP contribution in [0.5, 0.6) is 5.88 Å².